The highest BCUT2D eigenvalue weighted by molar-refractivity contribution is 5.30. The average molecular weight is 278 g/mol. The second-order valence-corrected chi connectivity index (χ2v) is 4.63. The van der Waals surface area contributed by atoms with Crippen molar-refractivity contribution in [2.75, 3.05) is 27.2 Å². The summed E-state index contributed by atoms with van der Waals surface area (Å²) in [6.45, 7) is 1.57. The van der Waals surface area contributed by atoms with Gasteiger partial charge in [0.1, 0.15) is 5.82 Å². The van der Waals surface area contributed by atoms with E-state index in [0.717, 1.165) is 19.0 Å². The minimum Gasteiger partial charge on any atom is -0.313 e. The smallest absolute Gasteiger partial charge is 0.313 e. The summed E-state index contributed by atoms with van der Waals surface area (Å²) in [6, 6.07) is 2.76. The maximum absolute atomic E-state index is 12.9. The van der Waals surface area contributed by atoms with Gasteiger partial charge in [0.2, 0.25) is 0 Å². The van der Waals surface area contributed by atoms with Gasteiger partial charge in [-0.05, 0) is 51.3 Å². The Hall–Kier alpha value is -1.14. The summed E-state index contributed by atoms with van der Waals surface area (Å²) >= 11 is 0. The zero-order valence-corrected chi connectivity index (χ0v) is 11.0. The van der Waals surface area contributed by atoms with E-state index in [1.165, 1.54) is 6.07 Å². The van der Waals surface area contributed by atoms with Gasteiger partial charge >= 0.3 is 6.18 Å². The number of hydrogen-bond donors (Lipinski definition) is 1. The highest BCUT2D eigenvalue weighted by atomic mass is 19.4. The highest BCUT2D eigenvalue weighted by Gasteiger charge is 2.33. The lowest BCUT2D eigenvalue weighted by Crippen LogP contribution is -2.22. The van der Waals surface area contributed by atoms with Crippen molar-refractivity contribution >= 4 is 0 Å². The van der Waals surface area contributed by atoms with Crippen molar-refractivity contribution in [1.29, 1.82) is 0 Å². The normalized spacial score (nSPS) is 12.2. The molecule has 1 rings (SSSR count). The number of nitrogens with one attached hydrogen (secondary N) is 1. The molecule has 0 aliphatic heterocycles. The summed E-state index contributed by atoms with van der Waals surface area (Å²) in [5.74, 6) is -0.872. The number of benzene rings is 1. The van der Waals surface area contributed by atoms with E-state index in [1.54, 1.807) is 0 Å². The van der Waals surface area contributed by atoms with Gasteiger partial charge in [-0.15, -0.1) is 0 Å². The van der Waals surface area contributed by atoms with Crippen molar-refractivity contribution in [3.8, 4) is 0 Å². The van der Waals surface area contributed by atoms with Crippen molar-refractivity contribution in [3.05, 3.63) is 35.1 Å². The van der Waals surface area contributed by atoms with Crippen LogP contribution in [-0.2, 0) is 12.7 Å². The average Bonchev–Trinajstić information content (AvgIpc) is 2.28. The van der Waals surface area contributed by atoms with Crippen molar-refractivity contribution in [3.63, 3.8) is 0 Å². The van der Waals surface area contributed by atoms with Gasteiger partial charge in [-0.1, -0.05) is 6.07 Å². The van der Waals surface area contributed by atoms with Crippen LogP contribution in [0.4, 0.5) is 17.6 Å². The first-order chi connectivity index (χ1) is 8.80. The molecule has 0 unspecified atom stereocenters. The quantitative estimate of drug-likeness (QED) is 0.636. The zero-order chi connectivity index (χ0) is 14.5. The van der Waals surface area contributed by atoms with Crippen LogP contribution in [0.25, 0.3) is 0 Å². The Morgan fingerprint density at radius 3 is 2.47 bits per heavy atom. The lowest BCUT2D eigenvalue weighted by atomic mass is 10.1. The lowest BCUT2D eigenvalue weighted by Gasteiger charge is -2.14. The second kappa shape index (κ2) is 6.86. The molecular weight excluding hydrogens is 260 g/mol. The van der Waals surface area contributed by atoms with Crippen LogP contribution < -0.4 is 5.32 Å². The van der Waals surface area contributed by atoms with Crippen LogP contribution in [0.2, 0.25) is 0 Å². The number of hydrogen-bond acceptors (Lipinski definition) is 2. The molecule has 0 aliphatic rings. The Bertz CT molecular complexity index is 402. The molecular formula is C13H18F4N2. The van der Waals surface area contributed by atoms with Crippen LogP contribution >= 0.6 is 0 Å². The lowest BCUT2D eigenvalue weighted by molar-refractivity contribution is -0.138. The van der Waals surface area contributed by atoms with Crippen LogP contribution in [0.1, 0.15) is 17.5 Å². The zero-order valence-electron chi connectivity index (χ0n) is 11.0. The molecule has 0 saturated carbocycles. The molecule has 0 aromatic heterocycles. The highest BCUT2D eigenvalue weighted by Crippen LogP contribution is 2.32. The molecule has 2 nitrogen and oxygen atoms in total. The van der Waals surface area contributed by atoms with Gasteiger partial charge < -0.3 is 10.2 Å². The summed E-state index contributed by atoms with van der Waals surface area (Å²) in [5, 5.41) is 2.94. The van der Waals surface area contributed by atoms with E-state index in [0.29, 0.717) is 12.6 Å². The summed E-state index contributed by atoms with van der Waals surface area (Å²) in [5.41, 5.74) is -0.841. The van der Waals surface area contributed by atoms with Gasteiger partial charge in [0, 0.05) is 6.54 Å². The molecule has 1 aromatic rings. The molecule has 0 amide bonds. The van der Waals surface area contributed by atoms with Gasteiger partial charge in [0.25, 0.3) is 0 Å². The number of halogens is 4. The van der Waals surface area contributed by atoms with Crippen molar-refractivity contribution in [2.45, 2.75) is 19.1 Å². The molecule has 0 bridgehead atoms. The maximum atomic E-state index is 12.9. The molecule has 0 atom stereocenters. The Labute approximate surface area is 110 Å². The van der Waals surface area contributed by atoms with E-state index < -0.39 is 17.6 Å². The van der Waals surface area contributed by atoms with E-state index in [4.69, 9.17) is 0 Å². The molecule has 1 N–H and O–H groups in total. The predicted molar refractivity (Wildman–Crippen MR) is 66.3 cm³/mol. The summed E-state index contributed by atoms with van der Waals surface area (Å²) < 4.78 is 51.0. The first kappa shape index (κ1) is 15.9. The van der Waals surface area contributed by atoms with Gasteiger partial charge in [-0.2, -0.15) is 13.2 Å². The topological polar surface area (TPSA) is 15.3 Å². The minimum atomic E-state index is -4.53. The number of alkyl halides is 3. The molecule has 0 fully saturated rings. The predicted octanol–water partition coefficient (Wildman–Crippen LogP) is 2.89. The Kier molecular flexibility index (Phi) is 5.75. The SMILES string of the molecule is CN(C)CCCNCc1ccc(F)cc1C(F)(F)F. The van der Waals surface area contributed by atoms with Gasteiger partial charge in [-0.25, -0.2) is 4.39 Å². The molecule has 108 valence electrons. The molecule has 0 spiro atoms. The molecule has 1 aromatic carbocycles. The Balaban J connectivity index is 2.58. The molecule has 0 heterocycles. The molecule has 0 radical (unpaired) electrons. The van der Waals surface area contributed by atoms with Gasteiger partial charge in [0.15, 0.2) is 0 Å². The van der Waals surface area contributed by atoms with Crippen molar-refractivity contribution in [2.24, 2.45) is 0 Å². The first-order valence-corrected chi connectivity index (χ1v) is 6.02. The van der Waals surface area contributed by atoms with Gasteiger partial charge in [0.05, 0.1) is 5.56 Å². The molecule has 0 aliphatic carbocycles. The van der Waals surface area contributed by atoms with E-state index in [-0.39, 0.29) is 12.1 Å². The monoisotopic (exact) mass is 278 g/mol. The molecule has 0 saturated heterocycles. The molecule has 6 heteroatoms. The number of nitrogens with zero attached hydrogens (tertiary/aromatic N) is 1. The Morgan fingerprint density at radius 2 is 1.89 bits per heavy atom. The minimum absolute atomic E-state index is 0.0683. The second-order valence-electron chi connectivity index (χ2n) is 4.63. The van der Waals surface area contributed by atoms with Crippen LogP contribution in [0.3, 0.4) is 0 Å². The van der Waals surface area contributed by atoms with E-state index in [1.807, 2.05) is 19.0 Å². The third-order valence-electron chi connectivity index (χ3n) is 2.65. The van der Waals surface area contributed by atoms with Gasteiger partial charge in [-0.3, -0.25) is 0 Å². The maximum Gasteiger partial charge on any atom is 0.416 e. The summed E-state index contributed by atoms with van der Waals surface area (Å²) in [6.07, 6.45) is -3.68. The van der Waals surface area contributed by atoms with Crippen LogP contribution in [-0.4, -0.2) is 32.1 Å². The third kappa shape index (κ3) is 5.57. The van der Waals surface area contributed by atoms with E-state index >= 15 is 0 Å². The van der Waals surface area contributed by atoms with Crippen LogP contribution in [0, 0.1) is 5.82 Å². The van der Waals surface area contributed by atoms with Crippen LogP contribution in [0.5, 0.6) is 0 Å². The fourth-order valence-corrected chi connectivity index (χ4v) is 1.71. The van der Waals surface area contributed by atoms with Crippen LogP contribution in [0.15, 0.2) is 18.2 Å². The third-order valence-corrected chi connectivity index (χ3v) is 2.65. The Morgan fingerprint density at radius 1 is 1.21 bits per heavy atom. The number of rotatable bonds is 6. The first-order valence-electron chi connectivity index (χ1n) is 6.02. The largest absolute Gasteiger partial charge is 0.416 e. The summed E-state index contributed by atoms with van der Waals surface area (Å²) in [7, 11) is 3.86. The summed E-state index contributed by atoms with van der Waals surface area (Å²) in [4.78, 5) is 2.00. The van der Waals surface area contributed by atoms with E-state index in [9.17, 15) is 17.6 Å². The van der Waals surface area contributed by atoms with Crippen molar-refractivity contribution in [1.82, 2.24) is 10.2 Å². The van der Waals surface area contributed by atoms with E-state index in [2.05, 4.69) is 5.32 Å². The fraction of sp³-hybridized carbons (Fsp3) is 0.538. The standard InChI is InChI=1S/C13H18F4N2/c1-19(2)7-3-6-18-9-10-4-5-11(14)8-12(10)13(15,16)17/h4-5,8,18H,3,6-7,9H2,1-2H3. The molecule has 19 heavy (non-hydrogen) atoms. The fourth-order valence-electron chi connectivity index (χ4n) is 1.71. The van der Waals surface area contributed by atoms with Crippen molar-refractivity contribution < 1.29 is 17.6 Å².